The van der Waals surface area contributed by atoms with E-state index in [0.717, 1.165) is 38.9 Å². The van der Waals surface area contributed by atoms with Crippen LogP contribution < -0.4 is 0 Å². The second kappa shape index (κ2) is 23.6. The van der Waals surface area contributed by atoms with Crippen molar-refractivity contribution >= 4 is 5.91 Å². The van der Waals surface area contributed by atoms with Crippen molar-refractivity contribution in [2.45, 2.75) is 68.9 Å². The number of benzene rings is 7. The van der Waals surface area contributed by atoms with E-state index in [0.29, 0.717) is 26.2 Å². The number of carbonyl (C=O) groups excluding carboxylic acids is 1. The number of ether oxygens (including phenoxy) is 4. The molecule has 1 heterocycles. The SMILES string of the molecule is CC(O)C(O)(COCc1ccccc1)C(OCc1ccccc1)C(OCc1ccccc1)C(OCc1ccccc1)C(=O)N1CCN(C(c2ccccc2)(c2ccccc2)c2ccccc2)CC1. The number of hydrogen-bond donors (Lipinski definition) is 2. The van der Waals surface area contributed by atoms with Crippen LogP contribution in [-0.4, -0.2) is 88.7 Å². The Morgan fingerprint density at radius 3 is 1.25 bits per heavy atom. The summed E-state index contributed by atoms with van der Waals surface area (Å²) in [4.78, 5) is 20.0. The van der Waals surface area contributed by atoms with Gasteiger partial charge in [-0.2, -0.15) is 0 Å². The Morgan fingerprint density at radius 1 is 0.500 bits per heavy atom. The van der Waals surface area contributed by atoms with Crippen LogP contribution in [0.2, 0.25) is 0 Å². The van der Waals surface area contributed by atoms with Crippen molar-refractivity contribution < 1.29 is 34.0 Å². The van der Waals surface area contributed by atoms with Gasteiger partial charge in [-0.3, -0.25) is 9.69 Å². The van der Waals surface area contributed by atoms with E-state index in [2.05, 4.69) is 77.7 Å². The molecule has 9 heteroatoms. The Kier molecular flexibility index (Phi) is 16.8. The number of amides is 1. The van der Waals surface area contributed by atoms with Gasteiger partial charge in [-0.1, -0.05) is 212 Å². The first-order valence-electron chi connectivity index (χ1n) is 23.6. The molecule has 350 valence electrons. The van der Waals surface area contributed by atoms with Crippen molar-refractivity contribution in [3.63, 3.8) is 0 Å². The quantitative estimate of drug-likeness (QED) is 0.0650. The highest BCUT2D eigenvalue weighted by Crippen LogP contribution is 2.43. The normalized spacial score (nSPS) is 16.0. The lowest BCUT2D eigenvalue weighted by Gasteiger charge is -2.49. The minimum atomic E-state index is -2.08. The highest BCUT2D eigenvalue weighted by Gasteiger charge is 2.53. The van der Waals surface area contributed by atoms with E-state index in [1.165, 1.54) is 6.92 Å². The van der Waals surface area contributed by atoms with Gasteiger partial charge in [0.05, 0.1) is 44.7 Å². The van der Waals surface area contributed by atoms with Crippen molar-refractivity contribution in [1.29, 1.82) is 0 Å². The van der Waals surface area contributed by atoms with Crippen LogP contribution in [0.1, 0.15) is 45.9 Å². The molecular formula is C59H62N2O7. The minimum Gasteiger partial charge on any atom is -0.390 e. The van der Waals surface area contributed by atoms with Gasteiger partial charge in [0.1, 0.15) is 17.8 Å². The second-order valence-electron chi connectivity index (χ2n) is 17.5. The van der Waals surface area contributed by atoms with Crippen LogP contribution in [0, 0.1) is 0 Å². The van der Waals surface area contributed by atoms with Crippen molar-refractivity contribution in [3.8, 4) is 0 Å². The largest absolute Gasteiger partial charge is 0.390 e. The average molecular weight is 911 g/mol. The fourth-order valence-corrected chi connectivity index (χ4v) is 9.33. The van der Waals surface area contributed by atoms with Gasteiger partial charge in [0, 0.05) is 26.2 Å². The van der Waals surface area contributed by atoms with Crippen molar-refractivity contribution in [3.05, 3.63) is 251 Å². The smallest absolute Gasteiger partial charge is 0.254 e. The molecule has 0 aromatic heterocycles. The predicted molar refractivity (Wildman–Crippen MR) is 265 cm³/mol. The third-order valence-electron chi connectivity index (χ3n) is 13.0. The number of rotatable bonds is 22. The van der Waals surface area contributed by atoms with E-state index >= 15 is 4.79 Å². The molecule has 68 heavy (non-hydrogen) atoms. The van der Waals surface area contributed by atoms with Gasteiger partial charge >= 0.3 is 0 Å². The monoisotopic (exact) mass is 910 g/mol. The molecule has 0 spiro atoms. The van der Waals surface area contributed by atoms with Crippen LogP contribution in [0.15, 0.2) is 212 Å². The number of carbonyl (C=O) groups is 1. The van der Waals surface area contributed by atoms with Crippen LogP contribution >= 0.6 is 0 Å². The van der Waals surface area contributed by atoms with E-state index in [9.17, 15) is 10.2 Å². The second-order valence-corrected chi connectivity index (χ2v) is 17.5. The molecule has 0 saturated carbocycles. The van der Waals surface area contributed by atoms with Crippen LogP contribution in [0.3, 0.4) is 0 Å². The maximum Gasteiger partial charge on any atom is 0.254 e. The van der Waals surface area contributed by atoms with E-state index < -0.39 is 35.6 Å². The molecule has 9 nitrogen and oxygen atoms in total. The number of aliphatic hydroxyl groups excluding tert-OH is 1. The van der Waals surface area contributed by atoms with Crippen molar-refractivity contribution in [2.24, 2.45) is 0 Å². The number of nitrogens with zero attached hydrogens (tertiary/aromatic N) is 2. The van der Waals surface area contributed by atoms with Crippen molar-refractivity contribution in [1.82, 2.24) is 9.80 Å². The maximum absolute atomic E-state index is 15.7. The lowest BCUT2D eigenvalue weighted by Crippen LogP contribution is -2.65. The highest BCUT2D eigenvalue weighted by molar-refractivity contribution is 5.82. The molecule has 0 radical (unpaired) electrons. The van der Waals surface area contributed by atoms with Gasteiger partial charge < -0.3 is 34.1 Å². The molecule has 1 fully saturated rings. The third-order valence-corrected chi connectivity index (χ3v) is 13.0. The highest BCUT2D eigenvalue weighted by atomic mass is 16.6. The first-order chi connectivity index (χ1) is 33.4. The van der Waals surface area contributed by atoms with Crippen LogP contribution in [0.25, 0.3) is 0 Å². The van der Waals surface area contributed by atoms with E-state index in [1.807, 2.05) is 144 Å². The molecule has 2 N–H and O–H groups in total. The Morgan fingerprint density at radius 2 is 0.853 bits per heavy atom. The van der Waals surface area contributed by atoms with Crippen LogP contribution in [-0.2, 0) is 55.7 Å². The zero-order valence-electron chi connectivity index (χ0n) is 38.7. The minimum absolute atomic E-state index is 0.0449. The molecule has 8 rings (SSSR count). The Labute approximate surface area is 401 Å². The van der Waals surface area contributed by atoms with Crippen molar-refractivity contribution in [2.75, 3.05) is 32.8 Å². The topological polar surface area (TPSA) is 101 Å². The predicted octanol–water partition coefficient (Wildman–Crippen LogP) is 9.21. The summed E-state index contributed by atoms with van der Waals surface area (Å²) in [5, 5.41) is 24.7. The molecule has 7 aromatic carbocycles. The van der Waals surface area contributed by atoms with E-state index in [4.69, 9.17) is 18.9 Å². The molecule has 0 bridgehead atoms. The fraction of sp³-hybridized carbons (Fsp3) is 0.271. The summed E-state index contributed by atoms with van der Waals surface area (Å²) in [5.41, 5.74) is 4.07. The number of aliphatic hydroxyl groups is 2. The van der Waals surface area contributed by atoms with Crippen LogP contribution in [0.4, 0.5) is 0 Å². The van der Waals surface area contributed by atoms with Gasteiger partial charge in [0.15, 0.2) is 6.10 Å². The summed E-state index contributed by atoms with van der Waals surface area (Å²) in [7, 11) is 0. The lowest BCUT2D eigenvalue weighted by atomic mass is 9.75. The average Bonchev–Trinajstić information content (AvgIpc) is 3.40. The molecule has 5 atom stereocenters. The maximum atomic E-state index is 15.7. The number of piperazine rings is 1. The Hall–Kier alpha value is -6.27. The van der Waals surface area contributed by atoms with Gasteiger partial charge in [0.2, 0.25) is 0 Å². The summed E-state index contributed by atoms with van der Waals surface area (Å²) < 4.78 is 26.8. The molecule has 1 aliphatic heterocycles. The molecule has 7 aromatic rings. The number of hydrogen-bond acceptors (Lipinski definition) is 8. The summed E-state index contributed by atoms with van der Waals surface area (Å²) >= 11 is 0. The molecule has 1 saturated heterocycles. The van der Waals surface area contributed by atoms with Gasteiger partial charge in [-0.05, 0) is 45.9 Å². The molecule has 1 aliphatic rings. The van der Waals surface area contributed by atoms with Gasteiger partial charge in [-0.25, -0.2) is 0 Å². The summed E-state index contributed by atoms with van der Waals surface area (Å²) in [6.45, 7) is 3.35. The first-order valence-corrected chi connectivity index (χ1v) is 23.6. The summed E-state index contributed by atoms with van der Waals surface area (Å²) in [6, 6.07) is 70.3. The van der Waals surface area contributed by atoms with E-state index in [-0.39, 0.29) is 38.9 Å². The third kappa shape index (κ3) is 11.5. The first kappa shape index (κ1) is 48.2. The summed E-state index contributed by atoms with van der Waals surface area (Å²) in [5.74, 6) is -0.310. The molecule has 0 aliphatic carbocycles. The van der Waals surface area contributed by atoms with Crippen LogP contribution in [0.5, 0.6) is 0 Å². The molecule has 5 unspecified atom stereocenters. The zero-order valence-corrected chi connectivity index (χ0v) is 38.7. The van der Waals surface area contributed by atoms with Gasteiger partial charge in [0.25, 0.3) is 5.91 Å². The molecule has 1 amide bonds. The van der Waals surface area contributed by atoms with E-state index in [1.54, 1.807) is 0 Å². The van der Waals surface area contributed by atoms with Gasteiger partial charge in [-0.15, -0.1) is 0 Å². The zero-order chi connectivity index (χ0) is 47.0. The Bertz CT molecular complexity index is 2430. The standard InChI is InChI=1S/C59H62N2O7/c1-46(62)58(64,45-65-41-47-23-9-2-10-24-47)56(68-44-50-29-15-5-16-30-50)54(66-42-48-25-11-3-12-26-48)55(67-43-49-27-13-4-14-28-49)57(63)60-37-39-61(40-38-60)59(51-31-17-6-18-32-51,52-33-19-7-20-34-52)53-35-21-8-22-36-53/h2-36,46,54-56,62,64H,37-45H2,1H3. The summed E-state index contributed by atoms with van der Waals surface area (Å²) in [6.07, 6.45) is -5.27. The molecular weight excluding hydrogens is 849 g/mol. The lowest BCUT2D eigenvalue weighted by molar-refractivity contribution is -0.247. The Balaban J connectivity index is 1.17. The fourth-order valence-electron chi connectivity index (χ4n) is 9.33.